The fourth-order valence-electron chi connectivity index (χ4n) is 3.10. The minimum absolute atomic E-state index is 0.331. The third-order valence-electron chi connectivity index (χ3n) is 4.49. The first-order valence-corrected chi connectivity index (χ1v) is 10.7. The summed E-state index contributed by atoms with van der Waals surface area (Å²) in [7, 11) is 0. The number of aromatic nitrogens is 5. The van der Waals surface area contributed by atoms with Crippen LogP contribution in [0.15, 0.2) is 40.8 Å². The molecule has 4 rings (SSSR count). The summed E-state index contributed by atoms with van der Waals surface area (Å²) in [5, 5.41) is 10.9. The zero-order valence-corrected chi connectivity index (χ0v) is 18.1. The van der Waals surface area contributed by atoms with Gasteiger partial charge < -0.3 is 4.74 Å². The summed E-state index contributed by atoms with van der Waals surface area (Å²) in [6.07, 6.45) is 1.51. The van der Waals surface area contributed by atoms with Crippen molar-refractivity contribution in [1.29, 1.82) is 0 Å². The van der Waals surface area contributed by atoms with Gasteiger partial charge in [0.05, 0.1) is 12.3 Å². The second kappa shape index (κ2) is 7.92. The van der Waals surface area contributed by atoms with Crippen molar-refractivity contribution in [3.8, 4) is 5.69 Å². The van der Waals surface area contributed by atoms with E-state index >= 15 is 0 Å². The highest BCUT2D eigenvalue weighted by Crippen LogP contribution is 2.38. The molecular formula is C20H19N5O2S2. The van der Waals surface area contributed by atoms with Crippen LogP contribution in [0.1, 0.15) is 33.5 Å². The maximum absolute atomic E-state index is 12.3. The Balaban J connectivity index is 1.81. The van der Waals surface area contributed by atoms with Gasteiger partial charge in [-0.1, -0.05) is 18.2 Å². The molecule has 3 heterocycles. The van der Waals surface area contributed by atoms with E-state index in [0.29, 0.717) is 16.6 Å². The Morgan fingerprint density at radius 1 is 1.17 bits per heavy atom. The van der Waals surface area contributed by atoms with Crippen LogP contribution in [-0.4, -0.2) is 37.3 Å². The second-order valence-electron chi connectivity index (χ2n) is 6.39. The summed E-state index contributed by atoms with van der Waals surface area (Å²) in [5.41, 5.74) is 2.98. The van der Waals surface area contributed by atoms with Gasteiger partial charge in [-0.3, -0.25) is 4.57 Å². The number of hydrogen-bond donors (Lipinski definition) is 0. The Morgan fingerprint density at radius 2 is 1.97 bits per heavy atom. The Hall–Kier alpha value is -2.78. The quantitative estimate of drug-likeness (QED) is 0.343. The first-order valence-electron chi connectivity index (χ1n) is 9.08. The Labute approximate surface area is 176 Å². The predicted molar refractivity (Wildman–Crippen MR) is 113 cm³/mol. The second-order valence-corrected chi connectivity index (χ2v) is 8.34. The van der Waals surface area contributed by atoms with Gasteiger partial charge in [0.15, 0.2) is 0 Å². The number of carbonyl (C=O) groups is 1. The van der Waals surface area contributed by atoms with Gasteiger partial charge >= 0.3 is 5.97 Å². The number of hydrogen-bond acceptors (Lipinski definition) is 8. The molecule has 0 bridgehead atoms. The fraction of sp³-hybridized carbons (Fsp3) is 0.250. The average molecular weight is 426 g/mol. The Morgan fingerprint density at radius 3 is 2.72 bits per heavy atom. The van der Waals surface area contributed by atoms with Gasteiger partial charge in [-0.05, 0) is 56.7 Å². The van der Waals surface area contributed by atoms with Crippen molar-refractivity contribution < 1.29 is 9.53 Å². The predicted octanol–water partition coefficient (Wildman–Crippen LogP) is 4.53. The van der Waals surface area contributed by atoms with Gasteiger partial charge in [0.2, 0.25) is 5.16 Å². The Kier molecular flexibility index (Phi) is 5.33. The number of fused-ring (bicyclic) bond motifs is 1. The van der Waals surface area contributed by atoms with Crippen LogP contribution in [0.5, 0.6) is 0 Å². The lowest BCUT2D eigenvalue weighted by Crippen LogP contribution is -2.03. The van der Waals surface area contributed by atoms with Crippen molar-refractivity contribution in [2.75, 3.05) is 6.61 Å². The van der Waals surface area contributed by atoms with Crippen molar-refractivity contribution in [3.63, 3.8) is 0 Å². The molecule has 0 saturated carbocycles. The number of para-hydroxylation sites is 1. The van der Waals surface area contributed by atoms with Crippen LogP contribution in [0.2, 0.25) is 0 Å². The van der Waals surface area contributed by atoms with Crippen LogP contribution in [-0.2, 0) is 4.74 Å². The topological polar surface area (TPSA) is 82.8 Å². The molecule has 0 amide bonds. The monoisotopic (exact) mass is 425 g/mol. The molecule has 4 aromatic rings. The lowest BCUT2D eigenvalue weighted by molar-refractivity contribution is 0.0531. The van der Waals surface area contributed by atoms with Crippen LogP contribution in [0.4, 0.5) is 0 Å². The van der Waals surface area contributed by atoms with Crippen LogP contribution in [0.25, 0.3) is 15.9 Å². The first kappa shape index (κ1) is 19.5. The van der Waals surface area contributed by atoms with E-state index in [2.05, 4.69) is 33.2 Å². The number of aryl methyl sites for hydroxylation is 3. The molecule has 0 atom stereocenters. The van der Waals surface area contributed by atoms with Crippen LogP contribution < -0.4 is 0 Å². The van der Waals surface area contributed by atoms with Crippen molar-refractivity contribution in [2.24, 2.45) is 0 Å². The van der Waals surface area contributed by atoms with E-state index in [1.54, 1.807) is 6.92 Å². The number of thiophene rings is 1. The lowest BCUT2D eigenvalue weighted by atomic mass is 10.2. The number of rotatable bonds is 5. The van der Waals surface area contributed by atoms with Gasteiger partial charge in [0.1, 0.15) is 26.9 Å². The molecule has 0 radical (unpaired) electrons. The molecule has 29 heavy (non-hydrogen) atoms. The highest BCUT2D eigenvalue weighted by atomic mass is 32.2. The molecule has 3 aromatic heterocycles. The number of carbonyl (C=O) groups excluding carboxylic acids is 1. The van der Waals surface area contributed by atoms with Gasteiger partial charge in [-0.25, -0.2) is 14.8 Å². The third kappa shape index (κ3) is 3.51. The maximum Gasteiger partial charge on any atom is 0.348 e. The molecule has 1 aromatic carbocycles. The molecule has 0 aliphatic rings. The van der Waals surface area contributed by atoms with Gasteiger partial charge in [-0.15, -0.1) is 21.5 Å². The van der Waals surface area contributed by atoms with E-state index in [4.69, 9.17) is 4.74 Å². The van der Waals surface area contributed by atoms with Crippen LogP contribution in [0, 0.1) is 20.8 Å². The zero-order valence-electron chi connectivity index (χ0n) is 16.5. The van der Waals surface area contributed by atoms with Crippen molar-refractivity contribution in [3.05, 3.63) is 52.4 Å². The minimum Gasteiger partial charge on any atom is -0.462 e. The summed E-state index contributed by atoms with van der Waals surface area (Å²) < 4.78 is 7.20. The molecule has 0 aliphatic heterocycles. The number of ether oxygens (including phenoxy) is 1. The summed E-state index contributed by atoms with van der Waals surface area (Å²) in [5.74, 6) is 0.462. The highest BCUT2D eigenvalue weighted by molar-refractivity contribution is 7.99. The molecule has 0 N–H and O–H groups in total. The zero-order chi connectivity index (χ0) is 20.5. The molecular weight excluding hydrogens is 406 g/mol. The number of nitrogens with zero attached hydrogens (tertiary/aromatic N) is 5. The van der Waals surface area contributed by atoms with Crippen LogP contribution >= 0.6 is 23.1 Å². The molecule has 0 spiro atoms. The minimum atomic E-state index is -0.331. The van der Waals surface area contributed by atoms with Gasteiger partial charge in [-0.2, -0.15) is 0 Å². The summed E-state index contributed by atoms with van der Waals surface area (Å²) in [6, 6.07) is 8.10. The molecule has 7 nitrogen and oxygen atoms in total. The largest absolute Gasteiger partial charge is 0.462 e. The van der Waals surface area contributed by atoms with Crippen molar-refractivity contribution in [1.82, 2.24) is 24.7 Å². The highest BCUT2D eigenvalue weighted by Gasteiger charge is 2.22. The Bertz CT molecular complexity index is 1220. The average Bonchev–Trinajstić information content (AvgIpc) is 3.23. The van der Waals surface area contributed by atoms with E-state index in [9.17, 15) is 4.79 Å². The molecule has 0 saturated heterocycles. The smallest absolute Gasteiger partial charge is 0.348 e. The van der Waals surface area contributed by atoms with E-state index in [1.807, 2.05) is 36.6 Å². The standard InChI is InChI=1S/C20H19N5O2S2/c1-5-27-19(26)16-12(3)15-17(28-16)21-10-22-18(15)29-20-24-23-13(4)25(20)14-9-7-6-8-11(14)2/h6-10H,5H2,1-4H3. The summed E-state index contributed by atoms with van der Waals surface area (Å²) >= 11 is 2.74. The lowest BCUT2D eigenvalue weighted by Gasteiger charge is -2.11. The molecule has 0 fully saturated rings. The van der Waals surface area contributed by atoms with Gasteiger partial charge in [0, 0.05) is 5.39 Å². The molecule has 0 aliphatic carbocycles. The van der Waals surface area contributed by atoms with E-state index in [-0.39, 0.29) is 5.97 Å². The summed E-state index contributed by atoms with van der Waals surface area (Å²) in [6.45, 7) is 8.01. The number of esters is 1. The SMILES string of the molecule is CCOC(=O)c1sc2ncnc(Sc3nnc(C)n3-c3ccccc3C)c2c1C. The van der Waals surface area contributed by atoms with E-state index < -0.39 is 0 Å². The van der Waals surface area contributed by atoms with Crippen molar-refractivity contribution >= 4 is 39.3 Å². The van der Waals surface area contributed by atoms with E-state index in [1.165, 1.54) is 29.4 Å². The maximum atomic E-state index is 12.3. The number of benzene rings is 1. The van der Waals surface area contributed by atoms with Crippen LogP contribution in [0.3, 0.4) is 0 Å². The first-order chi connectivity index (χ1) is 14.0. The molecule has 0 unspecified atom stereocenters. The molecule has 9 heteroatoms. The summed E-state index contributed by atoms with van der Waals surface area (Å²) in [4.78, 5) is 22.4. The molecule has 148 valence electrons. The normalized spacial score (nSPS) is 11.2. The van der Waals surface area contributed by atoms with E-state index in [0.717, 1.165) is 37.9 Å². The fourth-order valence-corrected chi connectivity index (χ4v) is 5.23. The third-order valence-corrected chi connectivity index (χ3v) is 6.62. The van der Waals surface area contributed by atoms with Crippen molar-refractivity contribution in [2.45, 2.75) is 37.9 Å². The van der Waals surface area contributed by atoms with Gasteiger partial charge in [0.25, 0.3) is 0 Å².